The van der Waals surface area contributed by atoms with Gasteiger partial charge < -0.3 is 19.9 Å². The molecule has 0 unspecified atom stereocenters. The van der Waals surface area contributed by atoms with Gasteiger partial charge in [0.05, 0.1) is 18.6 Å². The molecule has 3 aromatic carbocycles. The van der Waals surface area contributed by atoms with Crippen LogP contribution < -0.4 is 14.8 Å². The molecule has 0 fully saturated rings. The first-order valence-corrected chi connectivity index (χ1v) is 9.95. The number of aliphatic hydroxyl groups is 1. The van der Waals surface area contributed by atoms with Crippen molar-refractivity contribution in [3.63, 3.8) is 0 Å². The Bertz CT molecular complexity index is 998. The molecule has 0 saturated heterocycles. The van der Waals surface area contributed by atoms with Crippen LogP contribution in [-0.4, -0.2) is 30.3 Å². The predicted octanol–water partition coefficient (Wildman–Crippen LogP) is 4.04. The van der Waals surface area contributed by atoms with Crippen LogP contribution in [0.5, 0.6) is 17.2 Å². The van der Waals surface area contributed by atoms with Crippen LogP contribution in [0.15, 0.2) is 72.8 Å². The molecule has 4 rings (SSSR count). The van der Waals surface area contributed by atoms with Gasteiger partial charge >= 0.3 is 0 Å². The van der Waals surface area contributed by atoms with Gasteiger partial charge in [-0.15, -0.1) is 0 Å². The van der Waals surface area contributed by atoms with Gasteiger partial charge in [-0.2, -0.15) is 0 Å². The Hall–Kier alpha value is -3.31. The Labute approximate surface area is 176 Å². The van der Waals surface area contributed by atoms with Crippen molar-refractivity contribution in [2.24, 2.45) is 0 Å². The van der Waals surface area contributed by atoms with Gasteiger partial charge in [-0.05, 0) is 36.8 Å². The topological polar surface area (TPSA) is 67.8 Å². The standard InChI is InChI=1S/C25H25NO4/c1-25(28,15-17-11-13-18(29-2)14-12-17)16-26-24(27)23-19-7-3-5-9-21(19)30-22-10-6-4-8-20(22)23/h3-14,23,28H,15-16H2,1-2H3,(H,26,27)/t25-/m0/s1. The number of carbonyl (C=O) groups excluding carboxylic acids is 1. The Kier molecular flexibility index (Phi) is 5.46. The molecule has 1 amide bonds. The smallest absolute Gasteiger partial charge is 0.232 e. The number of para-hydroxylation sites is 2. The third-order valence-corrected chi connectivity index (χ3v) is 5.33. The van der Waals surface area contributed by atoms with E-state index in [9.17, 15) is 9.90 Å². The fourth-order valence-electron chi connectivity index (χ4n) is 3.82. The number of nitrogens with one attached hydrogen (secondary N) is 1. The molecule has 30 heavy (non-hydrogen) atoms. The minimum Gasteiger partial charge on any atom is -0.497 e. The predicted molar refractivity (Wildman–Crippen MR) is 115 cm³/mol. The van der Waals surface area contributed by atoms with E-state index in [1.54, 1.807) is 14.0 Å². The molecule has 3 aromatic rings. The molecule has 0 aliphatic carbocycles. The summed E-state index contributed by atoms with van der Waals surface area (Å²) in [6.45, 7) is 1.86. The highest BCUT2D eigenvalue weighted by Crippen LogP contribution is 2.43. The van der Waals surface area contributed by atoms with Crippen LogP contribution in [0.4, 0.5) is 0 Å². The summed E-state index contributed by atoms with van der Waals surface area (Å²) in [5, 5.41) is 13.8. The normalized spacial score (nSPS) is 14.6. The third kappa shape index (κ3) is 4.16. The summed E-state index contributed by atoms with van der Waals surface area (Å²) in [6.07, 6.45) is 0.415. The van der Waals surface area contributed by atoms with Crippen LogP contribution in [0.2, 0.25) is 0 Å². The summed E-state index contributed by atoms with van der Waals surface area (Å²) in [5.74, 6) is 1.49. The average molecular weight is 403 g/mol. The molecule has 0 saturated carbocycles. The number of hydrogen-bond donors (Lipinski definition) is 2. The van der Waals surface area contributed by atoms with E-state index in [0.717, 1.165) is 22.4 Å². The van der Waals surface area contributed by atoms with Crippen molar-refractivity contribution in [1.82, 2.24) is 5.32 Å². The number of carbonyl (C=O) groups is 1. The molecule has 0 bridgehead atoms. The molecule has 0 radical (unpaired) electrons. The summed E-state index contributed by atoms with van der Waals surface area (Å²) in [5.41, 5.74) is 1.53. The number of hydrogen-bond acceptors (Lipinski definition) is 4. The number of amides is 1. The van der Waals surface area contributed by atoms with E-state index in [1.807, 2.05) is 72.8 Å². The third-order valence-electron chi connectivity index (χ3n) is 5.33. The molecular formula is C25H25NO4. The zero-order valence-corrected chi connectivity index (χ0v) is 17.1. The maximum absolute atomic E-state index is 13.2. The van der Waals surface area contributed by atoms with E-state index in [2.05, 4.69) is 5.32 Å². The van der Waals surface area contributed by atoms with Gasteiger partial charge in [0.25, 0.3) is 0 Å². The fourth-order valence-corrected chi connectivity index (χ4v) is 3.82. The molecule has 5 nitrogen and oxygen atoms in total. The number of rotatable bonds is 6. The first-order chi connectivity index (χ1) is 14.5. The minimum atomic E-state index is -1.09. The highest BCUT2D eigenvalue weighted by molar-refractivity contribution is 5.89. The Morgan fingerprint density at radius 2 is 1.57 bits per heavy atom. The average Bonchev–Trinajstić information content (AvgIpc) is 2.76. The molecule has 5 heteroatoms. The second-order valence-electron chi connectivity index (χ2n) is 7.85. The number of fused-ring (bicyclic) bond motifs is 2. The van der Waals surface area contributed by atoms with Gasteiger partial charge in [-0.1, -0.05) is 48.5 Å². The van der Waals surface area contributed by atoms with Crippen LogP contribution in [0.1, 0.15) is 29.5 Å². The van der Waals surface area contributed by atoms with Crippen LogP contribution in [0, 0.1) is 0 Å². The Balaban J connectivity index is 1.50. The van der Waals surface area contributed by atoms with Gasteiger partial charge in [0.1, 0.15) is 17.2 Å². The van der Waals surface area contributed by atoms with Crippen molar-refractivity contribution >= 4 is 5.91 Å². The summed E-state index contributed by atoms with van der Waals surface area (Å²) in [7, 11) is 1.62. The van der Waals surface area contributed by atoms with E-state index >= 15 is 0 Å². The van der Waals surface area contributed by atoms with Crippen molar-refractivity contribution in [2.75, 3.05) is 13.7 Å². The van der Waals surface area contributed by atoms with E-state index in [1.165, 1.54) is 0 Å². The largest absolute Gasteiger partial charge is 0.497 e. The fraction of sp³-hybridized carbons (Fsp3) is 0.240. The first kappa shape index (κ1) is 20.0. The van der Waals surface area contributed by atoms with Gasteiger partial charge in [-0.25, -0.2) is 0 Å². The number of benzene rings is 3. The lowest BCUT2D eigenvalue weighted by Gasteiger charge is -2.29. The summed E-state index contributed by atoms with van der Waals surface area (Å²) < 4.78 is 11.1. The Morgan fingerprint density at radius 3 is 2.13 bits per heavy atom. The zero-order chi connectivity index (χ0) is 21.1. The SMILES string of the molecule is COc1ccc(C[C@](C)(O)CNC(=O)C2c3ccccc3Oc3ccccc32)cc1. The molecular weight excluding hydrogens is 378 g/mol. The van der Waals surface area contributed by atoms with Crippen molar-refractivity contribution in [3.05, 3.63) is 89.5 Å². The van der Waals surface area contributed by atoms with E-state index < -0.39 is 11.5 Å². The summed E-state index contributed by atoms with van der Waals surface area (Å²) in [4.78, 5) is 13.2. The molecule has 1 aliphatic heterocycles. The van der Waals surface area contributed by atoms with Crippen LogP contribution in [-0.2, 0) is 11.2 Å². The second kappa shape index (κ2) is 8.20. The second-order valence-corrected chi connectivity index (χ2v) is 7.85. The highest BCUT2D eigenvalue weighted by atomic mass is 16.5. The number of methoxy groups -OCH3 is 1. The van der Waals surface area contributed by atoms with Gasteiger partial charge in [0.15, 0.2) is 0 Å². The van der Waals surface area contributed by atoms with E-state index in [-0.39, 0.29) is 12.5 Å². The van der Waals surface area contributed by atoms with Crippen molar-refractivity contribution in [2.45, 2.75) is 24.9 Å². The lowest BCUT2D eigenvalue weighted by Crippen LogP contribution is -2.44. The first-order valence-electron chi connectivity index (χ1n) is 9.95. The number of ether oxygens (including phenoxy) is 2. The van der Waals surface area contributed by atoms with Crippen molar-refractivity contribution in [3.8, 4) is 17.2 Å². The molecule has 2 N–H and O–H groups in total. The lowest BCUT2D eigenvalue weighted by atomic mass is 9.87. The van der Waals surface area contributed by atoms with Crippen LogP contribution in [0.3, 0.4) is 0 Å². The maximum atomic E-state index is 13.2. The Morgan fingerprint density at radius 1 is 1.00 bits per heavy atom. The van der Waals surface area contributed by atoms with Crippen LogP contribution in [0.25, 0.3) is 0 Å². The minimum absolute atomic E-state index is 0.138. The van der Waals surface area contributed by atoms with Gasteiger partial charge in [-0.3, -0.25) is 4.79 Å². The molecule has 1 heterocycles. The molecule has 0 spiro atoms. The van der Waals surface area contributed by atoms with Crippen molar-refractivity contribution in [1.29, 1.82) is 0 Å². The van der Waals surface area contributed by atoms with E-state index in [0.29, 0.717) is 17.9 Å². The molecule has 154 valence electrons. The highest BCUT2D eigenvalue weighted by Gasteiger charge is 2.33. The summed E-state index contributed by atoms with van der Waals surface area (Å²) in [6, 6.07) is 22.7. The maximum Gasteiger partial charge on any atom is 0.232 e. The quantitative estimate of drug-likeness (QED) is 0.652. The van der Waals surface area contributed by atoms with Crippen LogP contribution >= 0.6 is 0 Å². The molecule has 1 atom stereocenters. The van der Waals surface area contributed by atoms with Crippen molar-refractivity contribution < 1.29 is 19.4 Å². The molecule has 0 aromatic heterocycles. The lowest BCUT2D eigenvalue weighted by molar-refractivity contribution is -0.123. The monoisotopic (exact) mass is 403 g/mol. The van der Waals surface area contributed by atoms with Gasteiger partial charge in [0.2, 0.25) is 5.91 Å². The van der Waals surface area contributed by atoms with Gasteiger partial charge in [0, 0.05) is 24.1 Å². The van der Waals surface area contributed by atoms with E-state index in [4.69, 9.17) is 9.47 Å². The molecule has 1 aliphatic rings. The summed E-state index contributed by atoms with van der Waals surface area (Å²) >= 11 is 0. The zero-order valence-electron chi connectivity index (χ0n) is 17.1.